The van der Waals surface area contributed by atoms with Crippen LogP contribution < -0.4 is 0 Å². The van der Waals surface area contributed by atoms with E-state index < -0.39 is 30.3 Å². The third kappa shape index (κ3) is 3.89. The number of esters is 2. The van der Waals surface area contributed by atoms with Crippen molar-refractivity contribution in [1.29, 1.82) is 0 Å². The standard InChI is InChI=1S/C17H22O6/c1-9-4-5-12-13(8-18)17(21)23-16(12)6-10(2)15(7-14(9)20)22-11(3)19/h4,6,14-16,18,20H,5,7-8H2,1-3H3/b9-4+,10-6?/t14-,15-,16+/m0/s1. The second kappa shape index (κ2) is 7.10. The Hall–Kier alpha value is -1.92. The maximum atomic E-state index is 11.9. The summed E-state index contributed by atoms with van der Waals surface area (Å²) in [6, 6.07) is 0. The van der Waals surface area contributed by atoms with Gasteiger partial charge in [0.25, 0.3) is 0 Å². The normalized spacial score (nSPS) is 30.8. The minimum atomic E-state index is -0.754. The average Bonchev–Trinajstić information content (AvgIpc) is 2.77. The number of carbonyl (C=O) groups is 2. The highest BCUT2D eigenvalue weighted by Gasteiger charge is 2.33. The number of fused-ring (bicyclic) bond motifs is 1. The largest absolute Gasteiger partial charge is 0.458 e. The van der Waals surface area contributed by atoms with Crippen LogP contribution in [0.5, 0.6) is 0 Å². The van der Waals surface area contributed by atoms with E-state index in [0.717, 1.165) is 5.57 Å². The van der Waals surface area contributed by atoms with Crippen LogP contribution in [0.3, 0.4) is 0 Å². The Morgan fingerprint density at radius 3 is 2.70 bits per heavy atom. The first kappa shape index (κ1) is 17.4. The molecule has 0 saturated carbocycles. The molecule has 6 heteroatoms. The van der Waals surface area contributed by atoms with Gasteiger partial charge in [0.2, 0.25) is 0 Å². The summed E-state index contributed by atoms with van der Waals surface area (Å²) in [5.74, 6) is -0.977. The fourth-order valence-electron chi connectivity index (χ4n) is 2.77. The molecule has 0 aromatic heterocycles. The maximum absolute atomic E-state index is 11.9. The minimum Gasteiger partial charge on any atom is -0.458 e. The summed E-state index contributed by atoms with van der Waals surface area (Å²) in [5.41, 5.74) is 2.34. The van der Waals surface area contributed by atoms with Gasteiger partial charge in [0, 0.05) is 13.3 Å². The molecule has 0 radical (unpaired) electrons. The van der Waals surface area contributed by atoms with E-state index in [1.54, 1.807) is 19.9 Å². The molecule has 0 aromatic carbocycles. The van der Waals surface area contributed by atoms with Crippen molar-refractivity contribution in [1.82, 2.24) is 0 Å². The van der Waals surface area contributed by atoms with E-state index in [9.17, 15) is 19.8 Å². The summed E-state index contributed by atoms with van der Waals surface area (Å²) >= 11 is 0. The topological polar surface area (TPSA) is 93.1 Å². The number of allylic oxidation sites excluding steroid dienone is 1. The average molecular weight is 322 g/mol. The Labute approximate surface area is 135 Å². The van der Waals surface area contributed by atoms with Gasteiger partial charge in [0.1, 0.15) is 12.2 Å². The van der Waals surface area contributed by atoms with Crippen LogP contribution >= 0.6 is 0 Å². The van der Waals surface area contributed by atoms with E-state index >= 15 is 0 Å². The lowest BCUT2D eigenvalue weighted by Gasteiger charge is -2.24. The highest BCUT2D eigenvalue weighted by molar-refractivity contribution is 5.93. The zero-order chi connectivity index (χ0) is 17.1. The molecule has 0 amide bonds. The molecule has 6 nitrogen and oxygen atoms in total. The maximum Gasteiger partial charge on any atom is 0.337 e. The van der Waals surface area contributed by atoms with Crippen LogP contribution in [0, 0.1) is 0 Å². The van der Waals surface area contributed by atoms with Crippen LogP contribution in [0.4, 0.5) is 0 Å². The van der Waals surface area contributed by atoms with Gasteiger partial charge in [-0.05, 0) is 43.1 Å². The molecule has 1 aliphatic carbocycles. The Balaban J connectivity index is 2.44. The van der Waals surface area contributed by atoms with Crippen molar-refractivity contribution in [3.05, 3.63) is 34.4 Å². The number of aliphatic hydroxyl groups is 2. The predicted octanol–water partition coefficient (Wildman–Crippen LogP) is 1.18. The fraction of sp³-hybridized carbons (Fsp3) is 0.529. The molecule has 2 N–H and O–H groups in total. The smallest absolute Gasteiger partial charge is 0.337 e. The van der Waals surface area contributed by atoms with Gasteiger partial charge >= 0.3 is 11.9 Å². The predicted molar refractivity (Wildman–Crippen MR) is 82.3 cm³/mol. The molecule has 0 saturated heterocycles. The van der Waals surface area contributed by atoms with Crippen molar-refractivity contribution < 1.29 is 29.3 Å². The summed E-state index contributed by atoms with van der Waals surface area (Å²) in [6.45, 7) is 4.47. The number of carbonyl (C=O) groups excluding carboxylic acids is 2. The number of aliphatic hydroxyl groups excluding tert-OH is 2. The first-order chi connectivity index (χ1) is 10.8. The fourth-order valence-corrected chi connectivity index (χ4v) is 2.77. The molecule has 1 heterocycles. The molecule has 0 fully saturated rings. The second-order valence-corrected chi connectivity index (χ2v) is 5.90. The van der Waals surface area contributed by atoms with Crippen molar-refractivity contribution in [3.63, 3.8) is 0 Å². The van der Waals surface area contributed by atoms with Crippen molar-refractivity contribution in [2.24, 2.45) is 0 Å². The molecular weight excluding hydrogens is 300 g/mol. The lowest BCUT2D eigenvalue weighted by Crippen LogP contribution is -2.26. The van der Waals surface area contributed by atoms with Gasteiger partial charge in [-0.15, -0.1) is 0 Å². The molecule has 3 atom stereocenters. The van der Waals surface area contributed by atoms with Gasteiger partial charge < -0.3 is 19.7 Å². The number of hydrogen-bond donors (Lipinski definition) is 2. The van der Waals surface area contributed by atoms with E-state index in [1.807, 2.05) is 6.08 Å². The molecule has 2 rings (SSSR count). The van der Waals surface area contributed by atoms with Crippen molar-refractivity contribution in [2.45, 2.75) is 51.9 Å². The molecule has 0 unspecified atom stereocenters. The summed E-state index contributed by atoms with van der Waals surface area (Å²) in [5, 5.41) is 19.7. The third-order valence-electron chi connectivity index (χ3n) is 4.21. The lowest BCUT2D eigenvalue weighted by atomic mass is 9.92. The number of ether oxygens (including phenoxy) is 2. The zero-order valence-corrected chi connectivity index (χ0v) is 13.5. The molecule has 1 aliphatic heterocycles. The molecule has 2 aliphatic rings. The van der Waals surface area contributed by atoms with E-state index in [1.165, 1.54) is 6.92 Å². The van der Waals surface area contributed by atoms with Crippen molar-refractivity contribution in [3.8, 4) is 0 Å². The van der Waals surface area contributed by atoms with Gasteiger partial charge in [0.15, 0.2) is 0 Å². The first-order valence-electron chi connectivity index (χ1n) is 7.57. The second-order valence-electron chi connectivity index (χ2n) is 5.90. The Morgan fingerprint density at radius 1 is 1.39 bits per heavy atom. The SMILES string of the molecule is CC(=O)O[C@H]1C[C@H](O)/C(C)=C/CC2=C(CO)C(=O)O[C@@H]2C=C1C. The summed E-state index contributed by atoms with van der Waals surface area (Å²) < 4.78 is 10.6. The Kier molecular flexibility index (Phi) is 5.38. The molecule has 0 bridgehead atoms. The third-order valence-corrected chi connectivity index (χ3v) is 4.21. The molecular formula is C17H22O6. The van der Waals surface area contributed by atoms with Gasteiger partial charge in [-0.3, -0.25) is 4.79 Å². The summed E-state index contributed by atoms with van der Waals surface area (Å²) in [4.78, 5) is 23.2. The Morgan fingerprint density at radius 2 is 2.09 bits per heavy atom. The van der Waals surface area contributed by atoms with Gasteiger partial charge in [-0.2, -0.15) is 0 Å². The minimum absolute atomic E-state index is 0.247. The quantitative estimate of drug-likeness (QED) is 0.586. The first-order valence-corrected chi connectivity index (χ1v) is 7.57. The summed E-state index contributed by atoms with van der Waals surface area (Å²) in [7, 11) is 0. The molecule has 23 heavy (non-hydrogen) atoms. The summed E-state index contributed by atoms with van der Waals surface area (Å²) in [6.07, 6.45) is 2.25. The van der Waals surface area contributed by atoms with Gasteiger partial charge in [0.05, 0.1) is 18.3 Å². The van der Waals surface area contributed by atoms with Crippen LogP contribution in [0.25, 0.3) is 0 Å². The van der Waals surface area contributed by atoms with Gasteiger partial charge in [-0.25, -0.2) is 4.79 Å². The molecule has 0 spiro atoms. The van der Waals surface area contributed by atoms with E-state index in [4.69, 9.17) is 9.47 Å². The van der Waals surface area contributed by atoms with Crippen LogP contribution in [-0.2, 0) is 19.1 Å². The van der Waals surface area contributed by atoms with E-state index in [-0.39, 0.29) is 18.6 Å². The van der Waals surface area contributed by atoms with Crippen LogP contribution in [0.1, 0.15) is 33.6 Å². The molecule has 0 aromatic rings. The highest BCUT2D eigenvalue weighted by atomic mass is 16.6. The lowest BCUT2D eigenvalue weighted by molar-refractivity contribution is -0.146. The number of rotatable bonds is 2. The van der Waals surface area contributed by atoms with E-state index in [0.29, 0.717) is 17.6 Å². The highest BCUT2D eigenvalue weighted by Crippen LogP contribution is 2.31. The van der Waals surface area contributed by atoms with Crippen molar-refractivity contribution >= 4 is 11.9 Å². The van der Waals surface area contributed by atoms with Crippen LogP contribution in [0.2, 0.25) is 0 Å². The molecule has 126 valence electrons. The van der Waals surface area contributed by atoms with Gasteiger partial charge in [-0.1, -0.05) is 6.08 Å². The van der Waals surface area contributed by atoms with Crippen LogP contribution in [0.15, 0.2) is 34.4 Å². The van der Waals surface area contributed by atoms with Crippen molar-refractivity contribution in [2.75, 3.05) is 6.61 Å². The Bertz CT molecular complexity index is 598. The van der Waals surface area contributed by atoms with E-state index in [2.05, 4.69) is 0 Å². The zero-order valence-electron chi connectivity index (χ0n) is 13.5. The monoisotopic (exact) mass is 322 g/mol. The van der Waals surface area contributed by atoms with Crippen LogP contribution in [-0.4, -0.2) is 47.1 Å². The number of hydrogen-bond acceptors (Lipinski definition) is 6.